The van der Waals surface area contributed by atoms with Crippen molar-refractivity contribution in [1.82, 2.24) is 13.7 Å². The summed E-state index contributed by atoms with van der Waals surface area (Å²) in [5, 5.41) is 6.93. The normalized spacial score (nSPS) is 11.6. The summed E-state index contributed by atoms with van der Waals surface area (Å²) in [7, 11) is 0. The van der Waals surface area contributed by atoms with E-state index in [1.54, 1.807) is 0 Å². The molecule has 0 fully saturated rings. The Morgan fingerprint density at radius 1 is 0.364 bits per heavy atom. The predicted molar refractivity (Wildman–Crippen MR) is 227 cm³/mol. The molecule has 0 aliphatic carbocycles. The number of rotatable bonds is 4. The lowest BCUT2D eigenvalue weighted by Crippen LogP contribution is -2.02. The van der Waals surface area contributed by atoms with E-state index in [0.29, 0.717) is 11.4 Å². The van der Waals surface area contributed by atoms with Gasteiger partial charge in [-0.05, 0) is 60.2 Å². The topological polar surface area (TPSA) is 23.5 Å². The van der Waals surface area contributed by atoms with Crippen LogP contribution in [0.15, 0.2) is 176 Å². The Kier molecular flexibility index (Phi) is 6.61. The summed E-state index contributed by atoms with van der Waals surface area (Å²) in [6, 6.07) is 61.2. The van der Waals surface area contributed by atoms with Crippen LogP contribution in [0.2, 0.25) is 0 Å². The van der Waals surface area contributed by atoms with Crippen LogP contribution in [0, 0.1) is 13.1 Å². The molecule has 11 rings (SSSR count). The number of fused-ring (bicyclic) bond motifs is 9. The van der Waals surface area contributed by atoms with E-state index < -0.39 is 0 Å². The van der Waals surface area contributed by atoms with Crippen molar-refractivity contribution in [2.45, 2.75) is 0 Å². The zero-order chi connectivity index (χ0) is 36.6. The van der Waals surface area contributed by atoms with Crippen molar-refractivity contribution in [3.63, 3.8) is 0 Å². The van der Waals surface area contributed by atoms with Gasteiger partial charge in [-0.25, -0.2) is 9.69 Å². The average molecular weight is 700 g/mol. The van der Waals surface area contributed by atoms with Gasteiger partial charge < -0.3 is 13.7 Å². The molecule has 0 bridgehead atoms. The Bertz CT molecular complexity index is 3420. The summed E-state index contributed by atoms with van der Waals surface area (Å²) in [5.74, 6) is 0. The zero-order valence-electron chi connectivity index (χ0n) is 29.5. The standard InChI is InChI=1S/C50H29N5/c1-51-33-28-29-39-37-18-3-7-22-42(37)53(48(39)31-33)34-15-11-14-32(30-34)49-41(52-2)21-13-26-46(49)55-45-25-10-6-19-38(45)40-20-12-27-47(50(40)55)54-43-23-8-4-16-35(43)36-17-5-9-24-44(36)54/h3-31H. The molecule has 0 saturated carbocycles. The van der Waals surface area contributed by atoms with Gasteiger partial charge in [-0.1, -0.05) is 121 Å². The molecule has 0 atom stereocenters. The van der Waals surface area contributed by atoms with E-state index in [9.17, 15) is 0 Å². The highest BCUT2D eigenvalue weighted by atomic mass is 15.1. The SMILES string of the molecule is [C-]#[N+]c1ccc2c3ccccc3n(-c3cccc(-c4c([N+]#[C-])cccc4-n4c5ccccc5c5cccc(-n6c7ccccc7c7ccccc76)c54)c3)c2c1. The van der Waals surface area contributed by atoms with E-state index in [1.807, 2.05) is 24.3 Å². The van der Waals surface area contributed by atoms with E-state index in [0.717, 1.165) is 82.8 Å². The molecule has 0 aliphatic rings. The lowest BCUT2D eigenvalue weighted by Gasteiger charge is -2.19. The van der Waals surface area contributed by atoms with E-state index in [-0.39, 0.29) is 0 Å². The number of aromatic nitrogens is 3. The Labute approximate surface area is 316 Å². The van der Waals surface area contributed by atoms with Crippen molar-refractivity contribution in [2.24, 2.45) is 0 Å². The van der Waals surface area contributed by atoms with Crippen LogP contribution >= 0.6 is 0 Å². The summed E-state index contributed by atoms with van der Waals surface area (Å²) in [6.07, 6.45) is 0. The van der Waals surface area contributed by atoms with E-state index in [4.69, 9.17) is 13.1 Å². The van der Waals surface area contributed by atoms with Crippen LogP contribution in [-0.4, -0.2) is 13.7 Å². The molecule has 3 heterocycles. The highest BCUT2D eigenvalue weighted by Gasteiger charge is 2.23. The molecule has 5 heteroatoms. The average Bonchev–Trinajstić information content (AvgIpc) is 3.89. The van der Waals surface area contributed by atoms with Crippen molar-refractivity contribution in [3.8, 4) is 28.2 Å². The minimum Gasteiger partial charge on any atom is -0.310 e. The second-order valence-corrected chi connectivity index (χ2v) is 13.9. The number of hydrogen-bond donors (Lipinski definition) is 0. The molecule has 0 N–H and O–H groups in total. The minimum atomic E-state index is 0.576. The fraction of sp³-hybridized carbons (Fsp3) is 0. The molecule has 0 radical (unpaired) electrons. The molecular weight excluding hydrogens is 671 g/mol. The van der Waals surface area contributed by atoms with Crippen molar-refractivity contribution in [1.29, 1.82) is 0 Å². The second-order valence-electron chi connectivity index (χ2n) is 13.9. The first-order valence-electron chi connectivity index (χ1n) is 18.3. The maximum absolute atomic E-state index is 8.45. The number of hydrogen-bond acceptors (Lipinski definition) is 0. The van der Waals surface area contributed by atoms with Gasteiger partial charge in [0, 0.05) is 54.8 Å². The third-order valence-electron chi connectivity index (χ3n) is 11.1. The van der Waals surface area contributed by atoms with Gasteiger partial charge in [0.1, 0.15) is 0 Å². The largest absolute Gasteiger partial charge is 0.310 e. The molecule has 0 spiro atoms. The molecule has 11 aromatic rings. The Balaban J connectivity index is 1.23. The van der Waals surface area contributed by atoms with Gasteiger partial charge in [-0.2, -0.15) is 0 Å². The van der Waals surface area contributed by atoms with Gasteiger partial charge in [0.15, 0.2) is 11.4 Å². The van der Waals surface area contributed by atoms with Crippen LogP contribution in [0.25, 0.3) is 103 Å². The maximum Gasteiger partial charge on any atom is 0.196 e. The van der Waals surface area contributed by atoms with Crippen LogP contribution in [0.1, 0.15) is 0 Å². The Morgan fingerprint density at radius 2 is 0.891 bits per heavy atom. The maximum atomic E-state index is 8.45. The van der Waals surface area contributed by atoms with Crippen LogP contribution in [0.5, 0.6) is 0 Å². The first kappa shape index (κ1) is 30.7. The first-order valence-corrected chi connectivity index (χ1v) is 18.3. The van der Waals surface area contributed by atoms with E-state index in [1.165, 1.54) is 10.8 Å². The van der Waals surface area contributed by atoms with Gasteiger partial charge in [0.2, 0.25) is 0 Å². The molecule has 0 amide bonds. The van der Waals surface area contributed by atoms with Crippen LogP contribution in [0.3, 0.4) is 0 Å². The third-order valence-corrected chi connectivity index (χ3v) is 11.1. The Morgan fingerprint density at radius 3 is 1.55 bits per heavy atom. The molecule has 3 aromatic heterocycles. The fourth-order valence-corrected chi connectivity index (χ4v) is 8.82. The zero-order valence-corrected chi connectivity index (χ0v) is 29.5. The first-order chi connectivity index (χ1) is 27.2. The van der Waals surface area contributed by atoms with Gasteiger partial charge in [0.05, 0.1) is 46.4 Å². The lowest BCUT2D eigenvalue weighted by atomic mass is 10.00. The Hall–Kier alpha value is -7.86. The van der Waals surface area contributed by atoms with Gasteiger partial charge in [0.25, 0.3) is 0 Å². The summed E-state index contributed by atoms with van der Waals surface area (Å²) in [6.45, 7) is 16.2. The molecule has 5 nitrogen and oxygen atoms in total. The summed E-state index contributed by atoms with van der Waals surface area (Å²) < 4.78 is 6.99. The summed E-state index contributed by atoms with van der Waals surface area (Å²) in [4.78, 5) is 7.90. The van der Waals surface area contributed by atoms with Gasteiger partial charge >= 0.3 is 0 Å². The monoisotopic (exact) mass is 699 g/mol. The molecule has 0 unspecified atom stereocenters. The van der Waals surface area contributed by atoms with Crippen LogP contribution in [0.4, 0.5) is 11.4 Å². The predicted octanol–water partition coefficient (Wildman–Crippen LogP) is 13.7. The fourth-order valence-electron chi connectivity index (χ4n) is 8.82. The quantitative estimate of drug-likeness (QED) is 0.163. The van der Waals surface area contributed by atoms with Gasteiger partial charge in [-0.15, -0.1) is 0 Å². The minimum absolute atomic E-state index is 0.576. The van der Waals surface area contributed by atoms with Crippen molar-refractivity contribution in [3.05, 3.63) is 199 Å². The van der Waals surface area contributed by atoms with Crippen molar-refractivity contribution < 1.29 is 0 Å². The number of benzene rings is 8. The highest BCUT2D eigenvalue weighted by Crippen LogP contribution is 2.44. The summed E-state index contributed by atoms with van der Waals surface area (Å²) in [5.41, 5.74) is 12.4. The molecule has 0 aliphatic heterocycles. The molecule has 8 aromatic carbocycles. The van der Waals surface area contributed by atoms with Crippen molar-refractivity contribution in [2.75, 3.05) is 0 Å². The number of nitrogens with zero attached hydrogens (tertiary/aromatic N) is 5. The van der Waals surface area contributed by atoms with Gasteiger partial charge in [-0.3, -0.25) is 0 Å². The van der Waals surface area contributed by atoms with Crippen LogP contribution < -0.4 is 0 Å². The van der Waals surface area contributed by atoms with E-state index in [2.05, 4.69) is 175 Å². The second kappa shape index (κ2) is 11.8. The molecule has 0 saturated heterocycles. The highest BCUT2D eigenvalue weighted by molar-refractivity contribution is 6.16. The van der Waals surface area contributed by atoms with Crippen molar-refractivity contribution >= 4 is 76.8 Å². The molecule has 55 heavy (non-hydrogen) atoms. The van der Waals surface area contributed by atoms with E-state index >= 15 is 0 Å². The third kappa shape index (κ3) is 4.39. The lowest BCUT2D eigenvalue weighted by molar-refractivity contribution is 1.13. The van der Waals surface area contributed by atoms with Crippen LogP contribution in [-0.2, 0) is 0 Å². The summed E-state index contributed by atoms with van der Waals surface area (Å²) >= 11 is 0. The molecule has 254 valence electrons. The smallest absolute Gasteiger partial charge is 0.196 e. The molecular formula is C50H29N5. The number of para-hydroxylation sites is 5.